The number of carbonyl (C=O) groups is 1. The minimum atomic E-state index is -0.0238. The molecule has 4 nitrogen and oxygen atoms in total. The monoisotopic (exact) mass is 264 g/mol. The van der Waals surface area contributed by atoms with Crippen LogP contribution in [-0.2, 0) is 4.79 Å². The van der Waals surface area contributed by atoms with Gasteiger partial charge in [0.05, 0.1) is 18.2 Å². The lowest BCUT2D eigenvalue weighted by atomic mass is 10.2. The first kappa shape index (κ1) is 14.6. The van der Waals surface area contributed by atoms with Crippen molar-refractivity contribution < 1.29 is 9.90 Å². The van der Waals surface area contributed by atoms with Crippen LogP contribution < -0.4 is 5.32 Å². The second kappa shape index (κ2) is 8.56. The van der Waals surface area contributed by atoms with E-state index in [1.165, 1.54) is 0 Å². The van der Waals surface area contributed by atoms with E-state index >= 15 is 0 Å². The second-order valence-electron chi connectivity index (χ2n) is 3.68. The van der Waals surface area contributed by atoms with Crippen molar-refractivity contribution in [2.45, 2.75) is 12.8 Å². The highest BCUT2D eigenvalue weighted by molar-refractivity contribution is 7.99. The van der Waals surface area contributed by atoms with Crippen LogP contribution in [-0.4, -0.2) is 29.1 Å². The molecular formula is C13H16N2O2S. The molecule has 1 aromatic carbocycles. The van der Waals surface area contributed by atoms with Gasteiger partial charge in [0.15, 0.2) is 0 Å². The van der Waals surface area contributed by atoms with Gasteiger partial charge in [0.25, 0.3) is 0 Å². The molecule has 5 heteroatoms. The van der Waals surface area contributed by atoms with E-state index in [0.29, 0.717) is 17.7 Å². The molecule has 18 heavy (non-hydrogen) atoms. The number of aliphatic hydroxyl groups excluding tert-OH is 1. The topological polar surface area (TPSA) is 73.1 Å². The Morgan fingerprint density at radius 1 is 1.33 bits per heavy atom. The van der Waals surface area contributed by atoms with Crippen molar-refractivity contribution in [3.05, 3.63) is 29.8 Å². The zero-order valence-corrected chi connectivity index (χ0v) is 10.9. The highest BCUT2D eigenvalue weighted by Crippen LogP contribution is 2.10. The normalized spacial score (nSPS) is 9.78. The second-order valence-corrected chi connectivity index (χ2v) is 4.90. The zero-order chi connectivity index (χ0) is 13.2. The lowest BCUT2D eigenvalue weighted by Crippen LogP contribution is -2.11. The molecule has 0 bridgehead atoms. The van der Waals surface area contributed by atoms with Gasteiger partial charge in [-0.25, -0.2) is 0 Å². The van der Waals surface area contributed by atoms with Crippen LogP contribution in [0.2, 0.25) is 0 Å². The molecule has 2 N–H and O–H groups in total. The fourth-order valence-corrected chi connectivity index (χ4v) is 2.03. The van der Waals surface area contributed by atoms with Crippen LogP contribution in [0.25, 0.3) is 0 Å². The quantitative estimate of drug-likeness (QED) is 0.739. The van der Waals surface area contributed by atoms with Crippen LogP contribution in [0.4, 0.5) is 5.69 Å². The third kappa shape index (κ3) is 5.71. The van der Waals surface area contributed by atoms with Crippen LogP contribution in [0.3, 0.4) is 0 Å². The molecule has 0 radical (unpaired) electrons. The largest absolute Gasteiger partial charge is 0.396 e. The van der Waals surface area contributed by atoms with Gasteiger partial charge in [-0.15, -0.1) is 0 Å². The summed E-state index contributed by atoms with van der Waals surface area (Å²) in [5.74, 6) is 1.57. The van der Waals surface area contributed by atoms with Crippen LogP contribution >= 0.6 is 11.8 Å². The van der Waals surface area contributed by atoms with Gasteiger partial charge in [0, 0.05) is 17.9 Å². The lowest BCUT2D eigenvalue weighted by Gasteiger charge is -2.05. The van der Waals surface area contributed by atoms with Gasteiger partial charge in [0.2, 0.25) is 5.91 Å². The van der Waals surface area contributed by atoms with Crippen LogP contribution in [0.1, 0.15) is 18.4 Å². The summed E-state index contributed by atoms with van der Waals surface area (Å²) < 4.78 is 0. The summed E-state index contributed by atoms with van der Waals surface area (Å²) in [6.07, 6.45) is 1.27. The Balaban J connectivity index is 2.25. The van der Waals surface area contributed by atoms with Crippen LogP contribution in [0.15, 0.2) is 24.3 Å². The number of nitrogens with zero attached hydrogens (tertiary/aromatic N) is 1. The summed E-state index contributed by atoms with van der Waals surface area (Å²) >= 11 is 1.64. The summed E-state index contributed by atoms with van der Waals surface area (Å²) in [7, 11) is 0. The summed E-state index contributed by atoms with van der Waals surface area (Å²) in [5, 5.41) is 20.0. The molecule has 0 aliphatic rings. The van der Waals surface area contributed by atoms with Crippen LogP contribution in [0, 0.1) is 11.3 Å². The number of carbonyl (C=O) groups excluding carboxylic acids is 1. The number of nitrogens with one attached hydrogen (secondary N) is 1. The van der Waals surface area contributed by atoms with E-state index in [4.69, 9.17) is 10.4 Å². The van der Waals surface area contributed by atoms with Gasteiger partial charge in [-0.2, -0.15) is 17.0 Å². The van der Waals surface area contributed by atoms with Crippen molar-refractivity contribution in [3.63, 3.8) is 0 Å². The van der Waals surface area contributed by atoms with E-state index in [2.05, 4.69) is 5.32 Å². The van der Waals surface area contributed by atoms with Gasteiger partial charge in [-0.05, 0) is 36.4 Å². The summed E-state index contributed by atoms with van der Waals surface area (Å²) in [6, 6.07) is 8.81. The van der Waals surface area contributed by atoms with Crippen molar-refractivity contribution in [2.24, 2.45) is 0 Å². The number of anilines is 1. The molecule has 0 unspecified atom stereocenters. The van der Waals surface area contributed by atoms with Gasteiger partial charge in [-0.3, -0.25) is 4.79 Å². The SMILES string of the molecule is N#Cc1ccc(NC(=O)CCCSCCO)cc1. The zero-order valence-electron chi connectivity index (χ0n) is 10.1. The number of hydrogen-bond donors (Lipinski definition) is 2. The average Bonchev–Trinajstić information content (AvgIpc) is 2.39. The molecule has 0 spiro atoms. The summed E-state index contributed by atoms with van der Waals surface area (Å²) in [4.78, 5) is 11.6. The van der Waals surface area contributed by atoms with E-state index in [-0.39, 0.29) is 12.5 Å². The molecule has 0 saturated heterocycles. The highest BCUT2D eigenvalue weighted by atomic mass is 32.2. The summed E-state index contributed by atoms with van der Waals surface area (Å²) in [6.45, 7) is 0.183. The van der Waals surface area contributed by atoms with Crippen molar-refractivity contribution >= 4 is 23.4 Å². The molecule has 1 amide bonds. The molecule has 0 aliphatic carbocycles. The molecule has 0 aliphatic heterocycles. The Labute approximate surface area is 111 Å². The molecule has 0 fully saturated rings. The third-order valence-corrected chi connectivity index (χ3v) is 3.27. The number of rotatable bonds is 7. The Morgan fingerprint density at radius 3 is 2.67 bits per heavy atom. The number of benzene rings is 1. The number of aliphatic hydroxyl groups is 1. The molecule has 0 aromatic heterocycles. The molecule has 0 heterocycles. The minimum absolute atomic E-state index is 0.0238. The maximum absolute atomic E-state index is 11.6. The Hall–Kier alpha value is -1.51. The molecule has 0 saturated carbocycles. The van der Waals surface area contributed by atoms with E-state index < -0.39 is 0 Å². The third-order valence-electron chi connectivity index (χ3n) is 2.23. The Kier molecular flexibility index (Phi) is 6.92. The average molecular weight is 264 g/mol. The van der Waals surface area contributed by atoms with Crippen molar-refractivity contribution in [1.82, 2.24) is 0 Å². The van der Waals surface area contributed by atoms with Gasteiger partial charge in [-0.1, -0.05) is 0 Å². The maximum Gasteiger partial charge on any atom is 0.224 e. The predicted octanol–water partition coefficient (Wildman–Crippen LogP) is 2.00. The highest BCUT2D eigenvalue weighted by Gasteiger charge is 2.02. The number of amides is 1. The standard InChI is InChI=1S/C13H16N2O2S/c14-10-11-3-5-12(6-4-11)15-13(17)2-1-8-18-9-7-16/h3-6,16H,1-2,7-9H2,(H,15,17). The Morgan fingerprint density at radius 2 is 2.06 bits per heavy atom. The van der Waals surface area contributed by atoms with E-state index in [1.807, 2.05) is 6.07 Å². The molecule has 1 aromatic rings. The fourth-order valence-electron chi connectivity index (χ4n) is 1.35. The smallest absolute Gasteiger partial charge is 0.224 e. The van der Waals surface area contributed by atoms with Crippen molar-refractivity contribution in [1.29, 1.82) is 5.26 Å². The van der Waals surface area contributed by atoms with Crippen molar-refractivity contribution in [2.75, 3.05) is 23.4 Å². The molecular weight excluding hydrogens is 248 g/mol. The molecule has 1 rings (SSSR count). The first-order valence-corrected chi connectivity index (χ1v) is 6.90. The number of hydrogen-bond acceptors (Lipinski definition) is 4. The maximum atomic E-state index is 11.6. The van der Waals surface area contributed by atoms with E-state index in [0.717, 1.165) is 17.9 Å². The predicted molar refractivity (Wildman–Crippen MR) is 73.4 cm³/mol. The fraction of sp³-hybridized carbons (Fsp3) is 0.385. The lowest BCUT2D eigenvalue weighted by molar-refractivity contribution is -0.116. The van der Waals surface area contributed by atoms with Gasteiger partial charge in [0.1, 0.15) is 0 Å². The first-order chi connectivity index (χ1) is 8.76. The number of nitriles is 1. The molecule has 96 valence electrons. The van der Waals surface area contributed by atoms with Crippen molar-refractivity contribution in [3.8, 4) is 6.07 Å². The van der Waals surface area contributed by atoms with E-state index in [1.54, 1.807) is 36.0 Å². The van der Waals surface area contributed by atoms with Crippen LogP contribution in [0.5, 0.6) is 0 Å². The van der Waals surface area contributed by atoms with Gasteiger partial charge < -0.3 is 10.4 Å². The minimum Gasteiger partial charge on any atom is -0.396 e. The van der Waals surface area contributed by atoms with E-state index in [9.17, 15) is 4.79 Å². The number of thioether (sulfide) groups is 1. The molecule has 0 atom stereocenters. The van der Waals surface area contributed by atoms with Gasteiger partial charge >= 0.3 is 0 Å². The Bertz CT molecular complexity index is 412. The first-order valence-electron chi connectivity index (χ1n) is 5.75. The summed E-state index contributed by atoms with van der Waals surface area (Å²) in [5.41, 5.74) is 1.29.